The van der Waals surface area contributed by atoms with Gasteiger partial charge < -0.3 is 10.8 Å². The van der Waals surface area contributed by atoms with Gasteiger partial charge in [-0.05, 0) is 35.3 Å². The van der Waals surface area contributed by atoms with Gasteiger partial charge in [0.2, 0.25) is 0 Å². The summed E-state index contributed by atoms with van der Waals surface area (Å²) in [5.41, 5.74) is 8.79. The minimum absolute atomic E-state index is 0.101. The molecule has 20 heavy (non-hydrogen) atoms. The van der Waals surface area contributed by atoms with Crippen LogP contribution in [0.25, 0.3) is 0 Å². The fourth-order valence-corrected chi connectivity index (χ4v) is 2.51. The van der Waals surface area contributed by atoms with Crippen LogP contribution in [0.3, 0.4) is 0 Å². The lowest BCUT2D eigenvalue weighted by Gasteiger charge is -2.23. The van der Waals surface area contributed by atoms with Crippen LogP contribution in [-0.2, 0) is 5.41 Å². The second-order valence-electron chi connectivity index (χ2n) is 7.03. The first-order valence-electron chi connectivity index (χ1n) is 7.79. The number of rotatable bonds is 6. The molecule has 0 fully saturated rings. The Morgan fingerprint density at radius 2 is 1.70 bits per heavy atom. The molecule has 0 aromatic heterocycles. The first-order valence-corrected chi connectivity index (χ1v) is 7.79. The normalized spacial score (nSPS) is 16.8. The molecule has 0 aliphatic carbocycles. The average Bonchev–Trinajstić information content (AvgIpc) is 2.38. The number of hydrogen-bond donors (Lipinski definition) is 2. The van der Waals surface area contributed by atoms with Gasteiger partial charge in [0.15, 0.2) is 0 Å². The van der Waals surface area contributed by atoms with Crippen molar-refractivity contribution in [2.75, 3.05) is 0 Å². The molecule has 3 N–H and O–H groups in total. The summed E-state index contributed by atoms with van der Waals surface area (Å²) in [5, 5.41) is 10.1. The zero-order chi connectivity index (χ0) is 15.3. The lowest BCUT2D eigenvalue weighted by atomic mass is 9.84. The van der Waals surface area contributed by atoms with Crippen molar-refractivity contribution in [3.8, 4) is 0 Å². The van der Waals surface area contributed by atoms with Crippen LogP contribution in [0.15, 0.2) is 24.3 Å². The van der Waals surface area contributed by atoms with E-state index in [4.69, 9.17) is 5.73 Å². The second kappa shape index (κ2) is 7.24. The summed E-state index contributed by atoms with van der Waals surface area (Å²) >= 11 is 0. The van der Waals surface area contributed by atoms with E-state index in [2.05, 4.69) is 58.9 Å². The van der Waals surface area contributed by atoms with Crippen LogP contribution in [-0.4, -0.2) is 17.3 Å². The van der Waals surface area contributed by atoms with Gasteiger partial charge in [-0.1, -0.05) is 65.3 Å². The highest BCUT2D eigenvalue weighted by Crippen LogP contribution is 2.26. The number of nitrogens with two attached hydrogens (primary N) is 1. The molecular formula is C18H31NO. The third-order valence-electron chi connectivity index (χ3n) is 4.06. The number of hydrogen-bond acceptors (Lipinski definition) is 2. The Morgan fingerprint density at radius 1 is 1.15 bits per heavy atom. The fourth-order valence-electron chi connectivity index (χ4n) is 2.51. The van der Waals surface area contributed by atoms with E-state index in [0.29, 0.717) is 5.92 Å². The summed E-state index contributed by atoms with van der Waals surface area (Å²) in [7, 11) is 0. The van der Waals surface area contributed by atoms with Crippen LogP contribution in [0.4, 0.5) is 0 Å². The van der Waals surface area contributed by atoms with Gasteiger partial charge in [-0.25, -0.2) is 0 Å². The third-order valence-corrected chi connectivity index (χ3v) is 4.06. The third kappa shape index (κ3) is 4.92. The molecule has 2 heteroatoms. The molecule has 3 unspecified atom stereocenters. The molecule has 0 saturated heterocycles. The van der Waals surface area contributed by atoms with E-state index in [0.717, 1.165) is 19.3 Å². The summed E-state index contributed by atoms with van der Waals surface area (Å²) in [6, 6.07) is 8.66. The number of benzene rings is 1. The lowest BCUT2D eigenvalue weighted by molar-refractivity contribution is 0.124. The quantitative estimate of drug-likeness (QED) is 0.826. The molecule has 0 bridgehead atoms. The van der Waals surface area contributed by atoms with Crippen LogP contribution in [0.2, 0.25) is 0 Å². The molecule has 1 rings (SSSR count). The Labute approximate surface area is 124 Å². The van der Waals surface area contributed by atoms with Crippen LogP contribution >= 0.6 is 0 Å². The van der Waals surface area contributed by atoms with Crippen molar-refractivity contribution >= 4 is 0 Å². The van der Waals surface area contributed by atoms with Gasteiger partial charge in [-0.2, -0.15) is 0 Å². The zero-order valence-electron chi connectivity index (χ0n) is 13.7. The summed E-state index contributed by atoms with van der Waals surface area (Å²) in [4.78, 5) is 0. The van der Waals surface area contributed by atoms with Crippen LogP contribution in [0, 0.1) is 0 Å². The minimum Gasteiger partial charge on any atom is -0.391 e. The van der Waals surface area contributed by atoms with E-state index < -0.39 is 6.10 Å². The molecule has 3 atom stereocenters. The fraction of sp³-hybridized carbons (Fsp3) is 0.667. The van der Waals surface area contributed by atoms with E-state index in [1.165, 1.54) is 11.1 Å². The summed E-state index contributed by atoms with van der Waals surface area (Å²) < 4.78 is 0. The standard InChI is InChI=1S/C18H31NO/c1-6-7-16(19)17(20)12-13(2)14-8-10-15(11-9-14)18(3,4)5/h8-11,13,16-17,20H,6-7,12,19H2,1-5H3. The summed E-state index contributed by atoms with van der Waals surface area (Å²) in [6.07, 6.45) is 2.23. The van der Waals surface area contributed by atoms with E-state index >= 15 is 0 Å². The van der Waals surface area contributed by atoms with Gasteiger partial charge in [0.05, 0.1) is 6.10 Å². The summed E-state index contributed by atoms with van der Waals surface area (Å²) in [5.74, 6) is 0.335. The molecule has 0 amide bonds. The molecule has 1 aromatic rings. The van der Waals surface area contributed by atoms with Gasteiger partial charge in [-0.3, -0.25) is 0 Å². The van der Waals surface area contributed by atoms with Gasteiger partial charge in [0, 0.05) is 6.04 Å². The largest absolute Gasteiger partial charge is 0.391 e. The maximum Gasteiger partial charge on any atom is 0.0696 e. The van der Waals surface area contributed by atoms with Crippen molar-refractivity contribution in [3.05, 3.63) is 35.4 Å². The Hall–Kier alpha value is -0.860. The van der Waals surface area contributed by atoms with Crippen molar-refractivity contribution in [1.82, 2.24) is 0 Å². The lowest BCUT2D eigenvalue weighted by Crippen LogP contribution is -2.35. The topological polar surface area (TPSA) is 46.2 Å². The van der Waals surface area contributed by atoms with E-state index in [-0.39, 0.29) is 11.5 Å². The second-order valence-corrected chi connectivity index (χ2v) is 7.03. The maximum absolute atomic E-state index is 10.1. The minimum atomic E-state index is -0.410. The van der Waals surface area contributed by atoms with Crippen molar-refractivity contribution in [3.63, 3.8) is 0 Å². The summed E-state index contributed by atoms with van der Waals surface area (Å²) in [6.45, 7) is 10.9. The molecule has 0 saturated carbocycles. The Bertz CT molecular complexity index is 391. The van der Waals surface area contributed by atoms with Gasteiger partial charge in [0.1, 0.15) is 0 Å². The monoisotopic (exact) mass is 277 g/mol. The molecule has 0 heterocycles. The van der Waals surface area contributed by atoms with Crippen LogP contribution in [0.5, 0.6) is 0 Å². The van der Waals surface area contributed by atoms with Crippen molar-refractivity contribution in [1.29, 1.82) is 0 Å². The van der Waals surface area contributed by atoms with Crippen LogP contribution in [0.1, 0.15) is 70.9 Å². The smallest absolute Gasteiger partial charge is 0.0696 e. The van der Waals surface area contributed by atoms with E-state index in [1.54, 1.807) is 0 Å². The van der Waals surface area contributed by atoms with E-state index in [9.17, 15) is 5.11 Å². The molecule has 0 aliphatic rings. The SMILES string of the molecule is CCCC(N)C(O)CC(C)c1ccc(C(C)(C)C)cc1. The molecule has 1 aromatic carbocycles. The predicted molar refractivity (Wildman–Crippen MR) is 87.1 cm³/mol. The molecular weight excluding hydrogens is 246 g/mol. The first-order chi connectivity index (χ1) is 9.25. The van der Waals surface area contributed by atoms with Crippen molar-refractivity contribution < 1.29 is 5.11 Å². The van der Waals surface area contributed by atoms with Crippen molar-refractivity contribution in [2.24, 2.45) is 5.73 Å². The number of aliphatic hydroxyl groups is 1. The van der Waals surface area contributed by atoms with E-state index in [1.807, 2.05) is 0 Å². The molecule has 114 valence electrons. The highest BCUT2D eigenvalue weighted by atomic mass is 16.3. The van der Waals surface area contributed by atoms with Crippen LogP contribution < -0.4 is 5.73 Å². The molecule has 2 nitrogen and oxygen atoms in total. The highest BCUT2D eigenvalue weighted by molar-refractivity contribution is 5.29. The molecule has 0 aliphatic heterocycles. The van der Waals surface area contributed by atoms with Gasteiger partial charge >= 0.3 is 0 Å². The molecule has 0 spiro atoms. The maximum atomic E-state index is 10.1. The zero-order valence-corrected chi connectivity index (χ0v) is 13.7. The Morgan fingerprint density at radius 3 is 2.15 bits per heavy atom. The average molecular weight is 277 g/mol. The highest BCUT2D eigenvalue weighted by Gasteiger charge is 2.19. The van der Waals surface area contributed by atoms with Gasteiger partial charge in [0.25, 0.3) is 0 Å². The van der Waals surface area contributed by atoms with Crippen molar-refractivity contribution in [2.45, 2.75) is 77.4 Å². The number of aliphatic hydroxyl groups excluding tert-OH is 1. The predicted octanol–water partition coefficient (Wildman–Crippen LogP) is 3.97. The van der Waals surface area contributed by atoms with Gasteiger partial charge in [-0.15, -0.1) is 0 Å². The Balaban J connectivity index is 2.66. The first kappa shape index (κ1) is 17.2. The molecule has 0 radical (unpaired) electrons. The Kier molecular flexibility index (Phi) is 6.22.